The van der Waals surface area contributed by atoms with Crippen LogP contribution in [0.2, 0.25) is 0 Å². The fourth-order valence-corrected chi connectivity index (χ4v) is 2.63. The molecule has 2 aromatic carbocycles. The highest BCUT2D eigenvalue weighted by atomic mass is 19.2. The highest BCUT2D eigenvalue weighted by Crippen LogP contribution is 2.29. The second-order valence-electron chi connectivity index (χ2n) is 5.11. The average Bonchev–Trinajstić information content (AvgIpc) is 2.67. The summed E-state index contributed by atoms with van der Waals surface area (Å²) < 4.78 is 40.1. The van der Waals surface area contributed by atoms with Crippen molar-refractivity contribution in [3.63, 3.8) is 0 Å². The molecular weight excluding hydrogens is 277 g/mol. The van der Waals surface area contributed by atoms with Gasteiger partial charge in [-0.1, -0.05) is 24.3 Å². The molecule has 21 heavy (non-hydrogen) atoms. The van der Waals surface area contributed by atoms with Gasteiger partial charge in [0.05, 0.1) is 11.7 Å². The van der Waals surface area contributed by atoms with E-state index in [4.69, 9.17) is 0 Å². The van der Waals surface area contributed by atoms with Gasteiger partial charge in [0, 0.05) is 18.7 Å². The summed E-state index contributed by atoms with van der Waals surface area (Å²) in [5, 5.41) is 6.28. The van der Waals surface area contributed by atoms with Crippen molar-refractivity contribution < 1.29 is 13.2 Å². The summed E-state index contributed by atoms with van der Waals surface area (Å²) in [5.74, 6) is -3.02. The quantitative estimate of drug-likeness (QED) is 0.824. The minimum Gasteiger partial charge on any atom is -0.376 e. The average molecular weight is 292 g/mol. The zero-order valence-corrected chi connectivity index (χ0v) is 11.3. The first kappa shape index (κ1) is 13.9. The third kappa shape index (κ3) is 2.88. The van der Waals surface area contributed by atoms with Crippen molar-refractivity contribution in [1.29, 1.82) is 0 Å². The van der Waals surface area contributed by atoms with Crippen LogP contribution in [-0.2, 0) is 6.54 Å². The molecule has 2 nitrogen and oxygen atoms in total. The molecule has 0 spiro atoms. The summed E-state index contributed by atoms with van der Waals surface area (Å²) in [6, 6.07) is 9.13. The van der Waals surface area contributed by atoms with Gasteiger partial charge in [-0.15, -0.1) is 0 Å². The van der Waals surface area contributed by atoms with Crippen LogP contribution < -0.4 is 10.6 Å². The first-order valence-electron chi connectivity index (χ1n) is 6.85. The van der Waals surface area contributed by atoms with Gasteiger partial charge in [0.1, 0.15) is 5.82 Å². The molecule has 1 aliphatic rings. The largest absolute Gasteiger partial charge is 0.376 e. The van der Waals surface area contributed by atoms with Crippen molar-refractivity contribution in [3.8, 4) is 0 Å². The number of nitrogens with one attached hydrogen (secondary N) is 2. The Hall–Kier alpha value is -2.01. The van der Waals surface area contributed by atoms with E-state index in [9.17, 15) is 13.2 Å². The van der Waals surface area contributed by atoms with Crippen LogP contribution in [0.4, 0.5) is 18.9 Å². The van der Waals surface area contributed by atoms with Gasteiger partial charge in [-0.25, -0.2) is 13.2 Å². The Balaban J connectivity index is 1.93. The van der Waals surface area contributed by atoms with E-state index in [0.717, 1.165) is 36.7 Å². The summed E-state index contributed by atoms with van der Waals surface area (Å²) in [4.78, 5) is 0. The third-order valence-corrected chi connectivity index (χ3v) is 3.70. The van der Waals surface area contributed by atoms with Crippen molar-refractivity contribution in [2.45, 2.75) is 19.0 Å². The van der Waals surface area contributed by atoms with Crippen molar-refractivity contribution in [2.24, 2.45) is 0 Å². The van der Waals surface area contributed by atoms with Crippen LogP contribution in [0.25, 0.3) is 0 Å². The maximum Gasteiger partial charge on any atom is 0.161 e. The molecule has 3 rings (SSSR count). The summed E-state index contributed by atoms with van der Waals surface area (Å²) in [7, 11) is 0. The maximum absolute atomic E-state index is 13.8. The number of hydrogen-bond donors (Lipinski definition) is 2. The highest BCUT2D eigenvalue weighted by Gasteiger charge is 2.20. The minimum absolute atomic E-state index is 0.0180. The fourth-order valence-electron chi connectivity index (χ4n) is 2.63. The van der Waals surface area contributed by atoms with E-state index in [1.165, 1.54) is 0 Å². The Kier molecular flexibility index (Phi) is 3.84. The number of hydrogen-bond acceptors (Lipinski definition) is 2. The first-order valence-corrected chi connectivity index (χ1v) is 6.85. The molecule has 0 radical (unpaired) electrons. The molecule has 0 bridgehead atoms. The van der Waals surface area contributed by atoms with Crippen molar-refractivity contribution in [3.05, 3.63) is 65.0 Å². The van der Waals surface area contributed by atoms with Crippen LogP contribution in [0.15, 0.2) is 36.4 Å². The number of benzene rings is 2. The molecule has 1 heterocycles. The smallest absolute Gasteiger partial charge is 0.161 e. The summed E-state index contributed by atoms with van der Waals surface area (Å²) in [6.07, 6.45) is 0.732. The maximum atomic E-state index is 13.8. The molecule has 1 aliphatic heterocycles. The second-order valence-corrected chi connectivity index (χ2v) is 5.11. The van der Waals surface area contributed by atoms with Crippen LogP contribution in [0, 0.1) is 17.5 Å². The van der Waals surface area contributed by atoms with Crippen molar-refractivity contribution >= 4 is 5.69 Å². The molecule has 0 amide bonds. The number of anilines is 1. The van der Waals surface area contributed by atoms with E-state index in [1.807, 2.05) is 24.3 Å². The molecule has 0 fully saturated rings. The van der Waals surface area contributed by atoms with Gasteiger partial charge in [-0.2, -0.15) is 0 Å². The molecule has 0 saturated carbocycles. The van der Waals surface area contributed by atoms with Crippen LogP contribution >= 0.6 is 0 Å². The summed E-state index contributed by atoms with van der Waals surface area (Å²) in [6.45, 7) is 1.51. The van der Waals surface area contributed by atoms with E-state index in [-0.39, 0.29) is 11.7 Å². The molecule has 1 unspecified atom stereocenters. The van der Waals surface area contributed by atoms with Gasteiger partial charge >= 0.3 is 0 Å². The molecule has 2 aromatic rings. The van der Waals surface area contributed by atoms with Gasteiger partial charge in [0.15, 0.2) is 11.6 Å². The lowest BCUT2D eigenvalue weighted by molar-refractivity contribution is 0.495. The molecule has 0 saturated heterocycles. The predicted octanol–water partition coefficient (Wildman–Crippen LogP) is 3.75. The van der Waals surface area contributed by atoms with E-state index in [1.54, 1.807) is 0 Å². The monoisotopic (exact) mass is 292 g/mol. The van der Waals surface area contributed by atoms with Gasteiger partial charge in [-0.3, -0.25) is 0 Å². The molecule has 110 valence electrons. The third-order valence-electron chi connectivity index (χ3n) is 3.70. The lowest BCUT2D eigenvalue weighted by Crippen LogP contribution is -2.16. The lowest BCUT2D eigenvalue weighted by atomic mass is 9.99. The second kappa shape index (κ2) is 5.77. The molecule has 5 heteroatoms. The molecular formula is C16H15F3N2. The van der Waals surface area contributed by atoms with E-state index in [0.29, 0.717) is 6.07 Å². The zero-order valence-electron chi connectivity index (χ0n) is 11.3. The normalized spacial score (nSPS) is 18.0. The zero-order chi connectivity index (χ0) is 14.8. The lowest BCUT2D eigenvalue weighted by Gasteiger charge is -2.20. The molecule has 0 aliphatic carbocycles. The Bertz CT molecular complexity index is 658. The van der Waals surface area contributed by atoms with Gasteiger partial charge in [0.2, 0.25) is 0 Å². The topological polar surface area (TPSA) is 24.1 Å². The number of fused-ring (bicyclic) bond motifs is 1. The van der Waals surface area contributed by atoms with Crippen molar-refractivity contribution in [1.82, 2.24) is 5.32 Å². The van der Waals surface area contributed by atoms with Crippen LogP contribution in [0.1, 0.15) is 23.6 Å². The van der Waals surface area contributed by atoms with Crippen LogP contribution in [0.3, 0.4) is 0 Å². The summed E-state index contributed by atoms with van der Waals surface area (Å²) in [5.41, 5.74) is 2.15. The van der Waals surface area contributed by atoms with Gasteiger partial charge in [-0.05, 0) is 24.1 Å². The van der Waals surface area contributed by atoms with Gasteiger partial charge in [0.25, 0.3) is 0 Å². The van der Waals surface area contributed by atoms with E-state index in [2.05, 4.69) is 10.6 Å². The van der Waals surface area contributed by atoms with E-state index < -0.39 is 17.5 Å². The Morgan fingerprint density at radius 2 is 1.76 bits per heavy atom. The van der Waals surface area contributed by atoms with Crippen LogP contribution in [-0.4, -0.2) is 6.54 Å². The number of rotatable bonds is 2. The number of halogens is 3. The predicted molar refractivity (Wildman–Crippen MR) is 75.4 cm³/mol. The highest BCUT2D eigenvalue weighted by molar-refractivity contribution is 5.48. The Morgan fingerprint density at radius 3 is 2.62 bits per heavy atom. The summed E-state index contributed by atoms with van der Waals surface area (Å²) >= 11 is 0. The van der Waals surface area contributed by atoms with E-state index >= 15 is 0 Å². The Morgan fingerprint density at radius 1 is 1.00 bits per heavy atom. The van der Waals surface area contributed by atoms with Gasteiger partial charge < -0.3 is 10.6 Å². The molecule has 1 atom stereocenters. The molecule has 2 N–H and O–H groups in total. The SMILES string of the molecule is Fc1cc(F)c(NC2CCNCc3ccccc32)cc1F. The first-order chi connectivity index (χ1) is 10.1. The minimum atomic E-state index is -1.18. The van der Waals surface area contributed by atoms with Crippen LogP contribution in [0.5, 0.6) is 0 Å². The standard InChI is InChI=1S/C16H15F3N2/c17-12-7-14(19)16(8-13(12)18)21-15-5-6-20-9-10-3-1-2-4-11(10)15/h1-4,7-8,15,20-21H,5-6,9H2. The molecule has 0 aromatic heterocycles. The fraction of sp³-hybridized carbons (Fsp3) is 0.250. The Labute approximate surface area is 121 Å². The van der Waals surface area contributed by atoms with Crippen molar-refractivity contribution in [2.75, 3.05) is 11.9 Å².